The molecule has 0 saturated heterocycles. The highest BCUT2D eigenvalue weighted by Crippen LogP contribution is 2.24. The minimum Gasteiger partial charge on any atom is -0.397 e. The fraction of sp³-hybridized carbons (Fsp3) is 0.417. The third-order valence-electron chi connectivity index (χ3n) is 3.16. The Labute approximate surface area is 99.7 Å². The zero-order valence-corrected chi connectivity index (χ0v) is 9.63. The smallest absolute Gasteiger partial charge is 0.184 e. The first-order chi connectivity index (χ1) is 8.36. The van der Waals surface area contributed by atoms with Gasteiger partial charge in [0.2, 0.25) is 0 Å². The van der Waals surface area contributed by atoms with Crippen molar-refractivity contribution in [1.29, 1.82) is 0 Å². The molecule has 0 saturated carbocycles. The van der Waals surface area contributed by atoms with Crippen LogP contribution in [0.3, 0.4) is 0 Å². The average molecular weight is 229 g/mol. The van der Waals surface area contributed by atoms with Crippen molar-refractivity contribution in [3.05, 3.63) is 24.2 Å². The van der Waals surface area contributed by atoms with Crippen molar-refractivity contribution in [2.45, 2.75) is 32.2 Å². The molecule has 0 atom stereocenters. The molecule has 0 aromatic carbocycles. The maximum atomic E-state index is 5.94. The fourth-order valence-electron chi connectivity index (χ4n) is 2.26. The summed E-state index contributed by atoms with van der Waals surface area (Å²) < 4.78 is 2.16. The molecule has 0 amide bonds. The number of fused-ring (bicyclic) bond motifs is 1. The molecule has 0 bridgehead atoms. The molecule has 17 heavy (non-hydrogen) atoms. The predicted molar refractivity (Wildman–Crippen MR) is 65.2 cm³/mol. The zero-order chi connectivity index (χ0) is 11.7. The van der Waals surface area contributed by atoms with E-state index >= 15 is 0 Å². The Bertz CT molecular complexity index is 531. The number of hydrogen-bond acceptors (Lipinski definition) is 4. The van der Waals surface area contributed by atoms with Crippen molar-refractivity contribution in [1.82, 2.24) is 19.7 Å². The first-order valence-corrected chi connectivity index (χ1v) is 5.99. The third kappa shape index (κ3) is 1.77. The lowest BCUT2D eigenvalue weighted by Gasteiger charge is -2.07. The van der Waals surface area contributed by atoms with Gasteiger partial charge in [-0.2, -0.15) is 0 Å². The molecule has 3 rings (SSSR count). The van der Waals surface area contributed by atoms with Gasteiger partial charge >= 0.3 is 0 Å². The van der Waals surface area contributed by atoms with Crippen molar-refractivity contribution >= 4 is 5.69 Å². The number of nitrogen functional groups attached to an aromatic ring is 1. The Morgan fingerprint density at radius 1 is 1.18 bits per heavy atom. The molecule has 1 aliphatic rings. The minimum atomic E-state index is 0.659. The van der Waals surface area contributed by atoms with Gasteiger partial charge in [-0.05, 0) is 25.0 Å². The van der Waals surface area contributed by atoms with E-state index in [1.54, 1.807) is 6.20 Å². The number of nitrogens with two attached hydrogens (primary N) is 1. The molecule has 0 radical (unpaired) electrons. The summed E-state index contributed by atoms with van der Waals surface area (Å²) in [6, 6.07) is 3.68. The molecule has 0 spiro atoms. The number of nitrogens with zero attached hydrogens (tertiary/aromatic N) is 4. The van der Waals surface area contributed by atoms with Gasteiger partial charge in [-0.1, -0.05) is 6.42 Å². The van der Waals surface area contributed by atoms with E-state index in [0.29, 0.717) is 5.69 Å². The van der Waals surface area contributed by atoms with Crippen LogP contribution in [0.15, 0.2) is 18.3 Å². The summed E-state index contributed by atoms with van der Waals surface area (Å²) in [5, 5.41) is 8.49. The van der Waals surface area contributed by atoms with Gasteiger partial charge in [0, 0.05) is 19.2 Å². The summed E-state index contributed by atoms with van der Waals surface area (Å²) in [6.07, 6.45) is 6.35. The quantitative estimate of drug-likeness (QED) is 0.807. The van der Waals surface area contributed by atoms with E-state index in [4.69, 9.17) is 5.73 Å². The second-order valence-corrected chi connectivity index (χ2v) is 4.34. The van der Waals surface area contributed by atoms with Crippen LogP contribution in [0, 0.1) is 0 Å². The van der Waals surface area contributed by atoms with Crippen LogP contribution < -0.4 is 5.73 Å². The molecular weight excluding hydrogens is 214 g/mol. The van der Waals surface area contributed by atoms with E-state index < -0.39 is 0 Å². The van der Waals surface area contributed by atoms with Crippen LogP contribution >= 0.6 is 0 Å². The SMILES string of the molecule is Nc1cccnc1-c1nnc2n1CCCCC2. The van der Waals surface area contributed by atoms with Gasteiger partial charge in [-0.25, -0.2) is 0 Å². The number of hydrogen-bond donors (Lipinski definition) is 1. The van der Waals surface area contributed by atoms with E-state index in [9.17, 15) is 0 Å². The van der Waals surface area contributed by atoms with Crippen molar-refractivity contribution in [2.75, 3.05) is 5.73 Å². The van der Waals surface area contributed by atoms with Gasteiger partial charge in [0.05, 0.1) is 5.69 Å². The lowest BCUT2D eigenvalue weighted by atomic mass is 10.2. The molecule has 5 nitrogen and oxygen atoms in total. The number of aryl methyl sites for hydroxylation is 1. The maximum Gasteiger partial charge on any atom is 0.184 e. The number of rotatable bonds is 1. The van der Waals surface area contributed by atoms with Gasteiger partial charge in [0.15, 0.2) is 5.82 Å². The molecule has 0 unspecified atom stereocenters. The maximum absolute atomic E-state index is 5.94. The number of aromatic nitrogens is 4. The topological polar surface area (TPSA) is 69.6 Å². The molecule has 3 heterocycles. The summed E-state index contributed by atoms with van der Waals surface area (Å²) in [5.41, 5.74) is 7.34. The van der Waals surface area contributed by atoms with Crippen LogP contribution in [0.5, 0.6) is 0 Å². The Morgan fingerprint density at radius 3 is 3.00 bits per heavy atom. The normalized spacial score (nSPS) is 15.3. The molecule has 0 aliphatic carbocycles. The molecular formula is C12H15N5. The Balaban J connectivity index is 2.10. The first kappa shape index (κ1) is 10.3. The average Bonchev–Trinajstić information content (AvgIpc) is 2.59. The van der Waals surface area contributed by atoms with E-state index in [1.807, 2.05) is 12.1 Å². The summed E-state index contributed by atoms with van der Waals surface area (Å²) in [4.78, 5) is 4.31. The summed E-state index contributed by atoms with van der Waals surface area (Å²) in [7, 11) is 0. The molecule has 5 heteroatoms. The first-order valence-electron chi connectivity index (χ1n) is 5.99. The van der Waals surface area contributed by atoms with Crippen LogP contribution in [0.1, 0.15) is 25.1 Å². The van der Waals surface area contributed by atoms with Crippen LogP contribution in [0.2, 0.25) is 0 Å². The highest BCUT2D eigenvalue weighted by atomic mass is 15.3. The lowest BCUT2D eigenvalue weighted by molar-refractivity contribution is 0.636. The minimum absolute atomic E-state index is 0.659. The Kier molecular flexibility index (Phi) is 2.51. The van der Waals surface area contributed by atoms with E-state index in [1.165, 1.54) is 19.3 Å². The highest BCUT2D eigenvalue weighted by molar-refractivity contribution is 5.66. The molecule has 1 aliphatic heterocycles. The second-order valence-electron chi connectivity index (χ2n) is 4.34. The monoisotopic (exact) mass is 229 g/mol. The van der Waals surface area contributed by atoms with Gasteiger partial charge in [0.1, 0.15) is 11.5 Å². The lowest BCUT2D eigenvalue weighted by Crippen LogP contribution is -2.05. The second kappa shape index (κ2) is 4.16. The predicted octanol–water partition coefficient (Wildman–Crippen LogP) is 1.65. The zero-order valence-electron chi connectivity index (χ0n) is 9.63. The molecule has 2 aromatic heterocycles. The third-order valence-corrected chi connectivity index (χ3v) is 3.16. The van der Waals surface area contributed by atoms with Crippen molar-refractivity contribution < 1.29 is 0 Å². The van der Waals surface area contributed by atoms with Gasteiger partial charge in [-0.15, -0.1) is 10.2 Å². The molecule has 0 fully saturated rings. The van der Waals surface area contributed by atoms with Crippen LogP contribution in [0.25, 0.3) is 11.5 Å². The van der Waals surface area contributed by atoms with Gasteiger partial charge < -0.3 is 10.3 Å². The fourth-order valence-corrected chi connectivity index (χ4v) is 2.26. The van der Waals surface area contributed by atoms with Crippen LogP contribution in [-0.4, -0.2) is 19.7 Å². The van der Waals surface area contributed by atoms with Crippen molar-refractivity contribution in [2.24, 2.45) is 0 Å². The van der Waals surface area contributed by atoms with E-state index in [2.05, 4.69) is 19.7 Å². The molecule has 2 N–H and O–H groups in total. The standard InChI is InChI=1S/C12H15N5/c13-9-5-4-7-14-11(9)12-16-15-10-6-2-1-3-8-17(10)12/h4-5,7H,1-3,6,8,13H2. The van der Waals surface area contributed by atoms with Crippen LogP contribution in [0.4, 0.5) is 5.69 Å². The Hall–Kier alpha value is -1.91. The van der Waals surface area contributed by atoms with Gasteiger partial charge in [0.25, 0.3) is 0 Å². The summed E-state index contributed by atoms with van der Waals surface area (Å²) in [6.45, 7) is 0.966. The highest BCUT2D eigenvalue weighted by Gasteiger charge is 2.17. The van der Waals surface area contributed by atoms with Crippen molar-refractivity contribution in [3.8, 4) is 11.5 Å². The number of pyridine rings is 1. The van der Waals surface area contributed by atoms with Crippen LogP contribution in [-0.2, 0) is 13.0 Å². The van der Waals surface area contributed by atoms with Gasteiger partial charge in [-0.3, -0.25) is 4.98 Å². The Morgan fingerprint density at radius 2 is 2.12 bits per heavy atom. The molecule has 2 aromatic rings. The summed E-state index contributed by atoms with van der Waals surface area (Å²) in [5.74, 6) is 1.86. The summed E-state index contributed by atoms with van der Waals surface area (Å²) >= 11 is 0. The van der Waals surface area contributed by atoms with E-state index in [-0.39, 0.29) is 0 Å². The van der Waals surface area contributed by atoms with Crippen molar-refractivity contribution in [3.63, 3.8) is 0 Å². The van der Waals surface area contributed by atoms with E-state index in [0.717, 1.165) is 30.3 Å². The largest absolute Gasteiger partial charge is 0.397 e. The number of anilines is 1. The molecule has 88 valence electrons.